The predicted octanol–water partition coefficient (Wildman–Crippen LogP) is 23.4. The van der Waals surface area contributed by atoms with Crippen LogP contribution in [0.4, 0.5) is 50.0 Å². The summed E-state index contributed by atoms with van der Waals surface area (Å²) in [5, 5.41) is 36.4. The first kappa shape index (κ1) is 82.7. The highest BCUT2D eigenvalue weighted by Gasteiger charge is 2.42. The van der Waals surface area contributed by atoms with Gasteiger partial charge in [-0.15, -0.1) is 0 Å². The Morgan fingerprint density at radius 2 is 0.630 bits per heavy atom. The number of aryl methyl sites for hydroxylation is 3. The molecule has 4 aliphatic carbocycles. The average Bonchev–Trinajstić information content (AvgIpc) is 0.760. The molecule has 15 heteroatoms. The Kier molecular flexibility index (Phi) is 24.0. The van der Waals surface area contributed by atoms with Gasteiger partial charge in [0.25, 0.3) is 0 Å². The summed E-state index contributed by atoms with van der Waals surface area (Å²) in [6.45, 7) is 55.0. The number of halogens is 1. The predicted molar refractivity (Wildman–Crippen MR) is 441 cm³/mol. The van der Waals surface area contributed by atoms with Crippen molar-refractivity contribution in [3.8, 4) is 0 Å². The van der Waals surface area contributed by atoms with Crippen LogP contribution in [0.1, 0.15) is 293 Å². The van der Waals surface area contributed by atoms with Gasteiger partial charge in [0.05, 0.1) is 29.1 Å². The maximum absolute atomic E-state index is 14.3. The van der Waals surface area contributed by atoms with Gasteiger partial charge in [-0.1, -0.05) is 135 Å². The summed E-state index contributed by atoms with van der Waals surface area (Å²) < 4.78 is 14.3. The number of carboxylic acids is 4. The Bertz CT molecular complexity index is 4510. The van der Waals surface area contributed by atoms with Crippen LogP contribution in [0.2, 0.25) is 0 Å². The van der Waals surface area contributed by atoms with E-state index < -0.39 is 29.7 Å². The molecule has 0 atom stereocenters. The fraction of sp³-hybridized carbons (Fsp3) is 0.462. The molecule has 108 heavy (non-hydrogen) atoms. The third-order valence-electron chi connectivity index (χ3n) is 24.3. The molecule has 0 bridgehead atoms. The number of aromatic nitrogens is 2. The smallest absolute Gasteiger partial charge is 0.356 e. The summed E-state index contributed by atoms with van der Waals surface area (Å²) in [6, 6.07) is 39.4. The van der Waals surface area contributed by atoms with Gasteiger partial charge in [-0.05, 0) is 301 Å². The molecule has 0 fully saturated rings. The summed E-state index contributed by atoms with van der Waals surface area (Å²) in [6.07, 6.45) is 12.3. The van der Waals surface area contributed by atoms with Crippen LogP contribution in [-0.4, -0.2) is 80.5 Å². The third kappa shape index (κ3) is 17.2. The summed E-state index contributed by atoms with van der Waals surface area (Å²) in [7, 11) is 0. The van der Waals surface area contributed by atoms with E-state index in [4.69, 9.17) is 20.4 Å². The molecule has 0 spiro atoms. The quantitative estimate of drug-likeness (QED) is 0.0715. The van der Waals surface area contributed by atoms with Crippen molar-refractivity contribution >= 4 is 69.5 Å². The number of fused-ring (bicyclic) bond motifs is 4. The fourth-order valence-corrected chi connectivity index (χ4v) is 16.7. The van der Waals surface area contributed by atoms with Crippen molar-refractivity contribution in [3.05, 3.63) is 223 Å². The van der Waals surface area contributed by atoms with Gasteiger partial charge in [-0.25, -0.2) is 33.5 Å². The molecule has 8 aromatic rings. The minimum Gasteiger partial charge on any atom is -0.478 e. The maximum atomic E-state index is 14.3. The van der Waals surface area contributed by atoms with Gasteiger partial charge in [-0.2, -0.15) is 0 Å². The van der Waals surface area contributed by atoms with E-state index in [0.717, 1.165) is 67.2 Å². The molecule has 0 saturated heterocycles. The normalized spacial score (nSPS) is 17.3. The Balaban J connectivity index is 0.000000166. The Morgan fingerprint density at radius 3 is 0.944 bits per heavy atom. The molecule has 14 nitrogen and oxygen atoms in total. The first-order chi connectivity index (χ1) is 50.3. The van der Waals surface area contributed by atoms with E-state index in [1.54, 1.807) is 36.5 Å². The van der Waals surface area contributed by atoms with Gasteiger partial charge in [-0.3, -0.25) is 0 Å². The van der Waals surface area contributed by atoms with Crippen LogP contribution in [0.3, 0.4) is 0 Å². The van der Waals surface area contributed by atoms with Gasteiger partial charge in [0.15, 0.2) is 11.5 Å². The lowest BCUT2D eigenvalue weighted by atomic mass is 9.63. The van der Waals surface area contributed by atoms with E-state index in [1.165, 1.54) is 117 Å². The molecule has 12 rings (SSSR count). The lowest BCUT2D eigenvalue weighted by molar-refractivity contribution is 0.0680. The van der Waals surface area contributed by atoms with Crippen molar-refractivity contribution < 1.29 is 44.0 Å². The first-order valence-corrected chi connectivity index (χ1v) is 38.7. The lowest BCUT2D eigenvalue weighted by Gasteiger charge is -2.43. The summed E-state index contributed by atoms with van der Waals surface area (Å²) in [4.78, 5) is 61.5. The molecule has 4 aliphatic rings. The zero-order valence-electron chi connectivity index (χ0n) is 68.7. The lowest BCUT2D eigenvalue weighted by Crippen LogP contribution is -2.34. The van der Waals surface area contributed by atoms with E-state index in [9.17, 15) is 23.6 Å². The Hall–Kier alpha value is -9.37. The van der Waals surface area contributed by atoms with Gasteiger partial charge in [0.2, 0.25) is 0 Å². The molecule has 4 N–H and O–H groups in total. The van der Waals surface area contributed by atoms with E-state index >= 15 is 0 Å². The maximum Gasteiger partial charge on any atom is 0.356 e. The van der Waals surface area contributed by atoms with Crippen molar-refractivity contribution in [3.63, 3.8) is 0 Å². The molecule has 0 aliphatic heterocycles. The van der Waals surface area contributed by atoms with Crippen molar-refractivity contribution in [1.82, 2.24) is 9.97 Å². The van der Waals surface area contributed by atoms with Crippen LogP contribution >= 0.6 is 0 Å². The van der Waals surface area contributed by atoms with Crippen LogP contribution in [0.25, 0.3) is 0 Å². The van der Waals surface area contributed by atoms with E-state index in [1.807, 2.05) is 31.2 Å². The van der Waals surface area contributed by atoms with Crippen molar-refractivity contribution in [2.24, 2.45) is 0 Å². The van der Waals surface area contributed by atoms with Gasteiger partial charge < -0.3 is 40.0 Å². The number of carboxylic acid groups (broad SMARTS) is 4. The standard InChI is InChI=1S/C24H30FNO2.C24H31NO2.C23H29NO2.C22H29N3O2/c1-7-26(16-8-9-17(22(27)28)20(25)13-16)21-14-19-18(12-15(21)2)23(3,4)10-11-24(19,5)6;1-7-25(18-10-8-17(9-11-18)22(26)27)21-15-20-19(14-16(21)2)23(3,4)12-13-24(20,5)6;1-6-24(17-9-7-16(8-10-17)21(25)26)18-11-12-19-20(15-18)23(4,5)14-13-22(19,2)3;1-7-25(19-13-23-17(12-24-19)20(26)27)18-11-16-15(10-14(18)2)21(3,4)8-9-22(16,5)6/h8-9,12-14H,7,10-11H2,1-6H3,(H,27,28);8-11,14-15H,7,12-13H2,1-6H3,(H,26,27);7-12,15H,6,13-14H2,1-5H3,(H,25,26);10-13H,7-9H2,1-6H3,(H,26,27). The molecule has 0 unspecified atom stereocenters. The summed E-state index contributed by atoms with van der Waals surface area (Å²) >= 11 is 0. The van der Waals surface area contributed by atoms with Crippen LogP contribution in [0, 0.1) is 26.6 Å². The zero-order valence-corrected chi connectivity index (χ0v) is 68.7. The van der Waals surface area contributed by atoms with E-state index in [0.29, 0.717) is 29.2 Å². The van der Waals surface area contributed by atoms with Gasteiger partial charge in [0, 0.05) is 66.0 Å². The van der Waals surface area contributed by atoms with Gasteiger partial charge in [0.1, 0.15) is 5.82 Å². The molecule has 576 valence electrons. The topological polar surface area (TPSA) is 188 Å². The summed E-state index contributed by atoms with van der Waals surface area (Å²) in [5.41, 5.74) is 23.8. The number of hydrogen-bond donors (Lipinski definition) is 4. The largest absolute Gasteiger partial charge is 0.478 e. The third-order valence-corrected chi connectivity index (χ3v) is 24.3. The molecule has 0 amide bonds. The average molecular weight is 1470 g/mol. The number of anilines is 8. The number of rotatable bonds is 16. The van der Waals surface area contributed by atoms with Crippen molar-refractivity contribution in [2.45, 2.75) is 254 Å². The molecule has 0 radical (unpaired) electrons. The number of hydrogen-bond acceptors (Lipinski definition) is 10. The number of carbonyl (C=O) groups is 4. The second-order valence-corrected chi connectivity index (χ2v) is 35.6. The second-order valence-electron chi connectivity index (χ2n) is 35.6. The van der Waals surface area contributed by atoms with Crippen molar-refractivity contribution in [2.75, 3.05) is 45.8 Å². The molecule has 0 saturated carbocycles. The number of aromatic carboxylic acids is 4. The first-order valence-electron chi connectivity index (χ1n) is 38.7. The van der Waals surface area contributed by atoms with Crippen LogP contribution in [-0.2, 0) is 43.3 Å². The highest BCUT2D eigenvalue weighted by Crippen LogP contribution is 2.53. The second kappa shape index (κ2) is 31.3. The van der Waals surface area contributed by atoms with Gasteiger partial charge >= 0.3 is 23.9 Å². The number of nitrogens with zero attached hydrogens (tertiary/aromatic N) is 6. The minimum absolute atomic E-state index is 0.0418. The van der Waals surface area contributed by atoms with Crippen LogP contribution in [0.5, 0.6) is 0 Å². The zero-order chi connectivity index (χ0) is 79.9. The molecular formula is C93H119FN6O8. The molecule has 1 aromatic heterocycles. The Labute approximate surface area is 642 Å². The Morgan fingerprint density at radius 1 is 0.333 bits per heavy atom. The van der Waals surface area contributed by atoms with E-state index in [2.05, 4.69) is 236 Å². The highest BCUT2D eigenvalue weighted by molar-refractivity contribution is 5.90. The molecular weight excluding hydrogens is 1350 g/mol. The molecule has 7 aromatic carbocycles. The van der Waals surface area contributed by atoms with Crippen LogP contribution in [0.15, 0.2) is 134 Å². The number of benzene rings is 7. The van der Waals surface area contributed by atoms with Crippen LogP contribution < -0.4 is 19.6 Å². The van der Waals surface area contributed by atoms with Crippen molar-refractivity contribution in [1.29, 1.82) is 0 Å². The van der Waals surface area contributed by atoms with E-state index in [-0.39, 0.29) is 54.6 Å². The summed E-state index contributed by atoms with van der Waals surface area (Å²) in [5.74, 6) is -4.14. The monoisotopic (exact) mass is 1470 g/mol. The minimum atomic E-state index is -1.25. The highest BCUT2D eigenvalue weighted by atomic mass is 19.1. The SMILES string of the molecule is CCN(c1ccc(C(=O)O)c(F)c1)c1cc2c(cc1C)C(C)(C)CCC2(C)C.CCN(c1ccc(C(=O)O)cc1)c1cc2c(cc1C)C(C)(C)CCC2(C)C.CCN(c1ccc(C(=O)O)cc1)c1ccc2c(c1)C(C)(C)CCC2(C)C.CCN(c1cnc(C(=O)O)cn1)c1cc2c(cc1C)C(C)(C)CCC2(C)C. The fourth-order valence-electron chi connectivity index (χ4n) is 16.7. The molecule has 1 heterocycles.